The van der Waals surface area contributed by atoms with Crippen LogP contribution in [0.2, 0.25) is 0 Å². The minimum atomic E-state index is -0.0269. The summed E-state index contributed by atoms with van der Waals surface area (Å²) in [7, 11) is 0. The van der Waals surface area contributed by atoms with Gasteiger partial charge < -0.3 is 10.7 Å². The molecule has 1 aliphatic carbocycles. The highest BCUT2D eigenvalue weighted by Gasteiger charge is 2.21. The number of para-hydroxylation sites is 1. The van der Waals surface area contributed by atoms with Crippen LogP contribution in [-0.4, -0.2) is 21.8 Å². The molecular weight excluding hydrogens is 306 g/mol. The van der Waals surface area contributed by atoms with Crippen LogP contribution in [0.1, 0.15) is 43.5 Å². The summed E-state index contributed by atoms with van der Waals surface area (Å²) in [5, 5.41) is 1.36. The smallest absolute Gasteiger partial charge is 0.258 e. The molecule has 0 atom stereocenters. The number of benzene rings is 1. The second kappa shape index (κ2) is 7.49. The predicted molar refractivity (Wildman–Crippen MR) is 97.8 cm³/mol. The summed E-state index contributed by atoms with van der Waals surface area (Å²) >= 11 is 1.93. The Morgan fingerprint density at radius 1 is 1.30 bits per heavy atom. The maximum atomic E-state index is 12.2. The fraction of sp³-hybridized carbons (Fsp3) is 0.556. The Bertz CT molecular complexity index is 720. The first kappa shape index (κ1) is 16.5. The predicted octanol–water partition coefficient (Wildman–Crippen LogP) is 3.37. The first-order valence-electron chi connectivity index (χ1n) is 8.47. The van der Waals surface area contributed by atoms with Crippen LogP contribution in [0.15, 0.2) is 23.0 Å². The number of nitrogens with two attached hydrogens (primary N) is 1. The molecule has 124 valence electrons. The molecule has 0 radical (unpaired) electrons. The van der Waals surface area contributed by atoms with Crippen LogP contribution < -0.4 is 11.3 Å². The van der Waals surface area contributed by atoms with Crippen LogP contribution in [0, 0.1) is 12.8 Å². The van der Waals surface area contributed by atoms with Gasteiger partial charge in [-0.15, -0.1) is 0 Å². The number of aromatic amines is 1. The monoisotopic (exact) mass is 331 g/mol. The zero-order chi connectivity index (χ0) is 16.2. The second-order valence-electron chi connectivity index (χ2n) is 6.51. The summed E-state index contributed by atoms with van der Waals surface area (Å²) < 4.78 is 0. The van der Waals surface area contributed by atoms with E-state index >= 15 is 0 Å². The van der Waals surface area contributed by atoms with Gasteiger partial charge in [-0.3, -0.25) is 4.79 Å². The molecule has 1 aliphatic rings. The van der Waals surface area contributed by atoms with Crippen molar-refractivity contribution in [3.8, 4) is 0 Å². The minimum absolute atomic E-state index is 0.0269. The van der Waals surface area contributed by atoms with Crippen molar-refractivity contribution in [3.05, 3.63) is 39.9 Å². The van der Waals surface area contributed by atoms with Crippen LogP contribution in [0.25, 0.3) is 10.9 Å². The molecule has 3 N–H and O–H groups in total. The Balaban J connectivity index is 1.64. The van der Waals surface area contributed by atoms with Gasteiger partial charge in [0.05, 0.1) is 16.7 Å². The van der Waals surface area contributed by atoms with E-state index < -0.39 is 0 Å². The average molecular weight is 331 g/mol. The van der Waals surface area contributed by atoms with Crippen molar-refractivity contribution < 1.29 is 0 Å². The van der Waals surface area contributed by atoms with E-state index in [2.05, 4.69) is 9.97 Å². The molecule has 0 spiro atoms. The molecule has 0 unspecified atom stereocenters. The highest BCUT2D eigenvalue weighted by atomic mass is 32.2. The van der Waals surface area contributed by atoms with Crippen LogP contribution in [0.5, 0.6) is 0 Å². The Morgan fingerprint density at radius 2 is 2.09 bits per heavy atom. The van der Waals surface area contributed by atoms with Gasteiger partial charge in [0.15, 0.2) is 0 Å². The van der Waals surface area contributed by atoms with Gasteiger partial charge in [0.1, 0.15) is 5.82 Å². The molecule has 1 aromatic carbocycles. The molecule has 0 aliphatic heterocycles. The summed E-state index contributed by atoms with van der Waals surface area (Å²) in [5.41, 5.74) is 7.52. The average Bonchev–Trinajstić information content (AvgIpc) is 2.56. The lowest BCUT2D eigenvalue weighted by molar-refractivity contribution is 0.349. The lowest BCUT2D eigenvalue weighted by Crippen LogP contribution is -2.19. The van der Waals surface area contributed by atoms with Crippen LogP contribution >= 0.6 is 11.8 Å². The number of hydrogen-bond acceptors (Lipinski definition) is 4. The normalized spacial score (nSPS) is 21.7. The first-order chi connectivity index (χ1) is 11.2. The zero-order valence-electron chi connectivity index (χ0n) is 13.7. The van der Waals surface area contributed by atoms with Crippen molar-refractivity contribution in [2.75, 3.05) is 6.54 Å². The van der Waals surface area contributed by atoms with Crippen molar-refractivity contribution in [2.24, 2.45) is 11.7 Å². The number of nitrogens with zero attached hydrogens (tertiary/aromatic N) is 1. The van der Waals surface area contributed by atoms with Crippen LogP contribution in [0.3, 0.4) is 0 Å². The van der Waals surface area contributed by atoms with Crippen molar-refractivity contribution >= 4 is 22.7 Å². The molecule has 2 aromatic rings. The number of nitrogens with one attached hydrogen (secondary N) is 1. The number of rotatable bonds is 5. The van der Waals surface area contributed by atoms with Gasteiger partial charge in [-0.25, -0.2) is 4.98 Å². The molecule has 1 aromatic heterocycles. The molecule has 0 bridgehead atoms. The number of aromatic nitrogens is 2. The highest BCUT2D eigenvalue weighted by molar-refractivity contribution is 7.99. The van der Waals surface area contributed by atoms with Gasteiger partial charge in [-0.05, 0) is 63.1 Å². The Morgan fingerprint density at radius 3 is 2.83 bits per heavy atom. The summed E-state index contributed by atoms with van der Waals surface area (Å²) in [5.74, 6) is 2.40. The summed E-state index contributed by atoms with van der Waals surface area (Å²) in [6, 6.07) is 5.75. The van der Waals surface area contributed by atoms with Gasteiger partial charge in [0.25, 0.3) is 5.56 Å². The topological polar surface area (TPSA) is 71.8 Å². The van der Waals surface area contributed by atoms with E-state index in [4.69, 9.17) is 5.73 Å². The number of aryl methyl sites for hydroxylation is 1. The third-order valence-electron chi connectivity index (χ3n) is 4.81. The van der Waals surface area contributed by atoms with E-state index in [1.165, 1.54) is 25.7 Å². The molecule has 4 nitrogen and oxygen atoms in total. The minimum Gasteiger partial charge on any atom is -0.330 e. The van der Waals surface area contributed by atoms with Crippen LogP contribution in [-0.2, 0) is 5.75 Å². The molecule has 1 heterocycles. The number of H-pyrrole nitrogens is 1. The van der Waals surface area contributed by atoms with E-state index in [9.17, 15) is 4.79 Å². The molecule has 3 rings (SSSR count). The van der Waals surface area contributed by atoms with Gasteiger partial charge in [-0.1, -0.05) is 12.1 Å². The van der Waals surface area contributed by atoms with Crippen molar-refractivity contribution in [2.45, 2.75) is 50.0 Å². The number of hydrogen-bond donors (Lipinski definition) is 2. The first-order valence-corrected chi connectivity index (χ1v) is 9.52. The summed E-state index contributed by atoms with van der Waals surface area (Å²) in [6.07, 6.45) is 6.25. The van der Waals surface area contributed by atoms with E-state index in [-0.39, 0.29) is 5.56 Å². The van der Waals surface area contributed by atoms with Gasteiger partial charge in [0.2, 0.25) is 0 Å². The second-order valence-corrected chi connectivity index (χ2v) is 7.80. The zero-order valence-corrected chi connectivity index (χ0v) is 14.5. The van der Waals surface area contributed by atoms with E-state index in [1.807, 2.05) is 36.9 Å². The molecule has 0 saturated heterocycles. The van der Waals surface area contributed by atoms with Gasteiger partial charge in [0, 0.05) is 5.25 Å². The Labute approximate surface area is 141 Å². The third-order valence-corrected chi connectivity index (χ3v) is 6.19. The Kier molecular flexibility index (Phi) is 5.38. The van der Waals surface area contributed by atoms with E-state index in [0.29, 0.717) is 10.6 Å². The van der Waals surface area contributed by atoms with Gasteiger partial charge >= 0.3 is 0 Å². The SMILES string of the molecule is Cc1cccc2c(=O)[nH]c(CS[C@H]3CC[C@H](CCN)CC3)nc12. The Hall–Kier alpha value is -1.33. The molecular formula is C18H25N3OS. The molecule has 0 amide bonds. The number of thioether (sulfide) groups is 1. The lowest BCUT2D eigenvalue weighted by atomic mass is 9.87. The lowest BCUT2D eigenvalue weighted by Gasteiger charge is -2.27. The van der Waals surface area contributed by atoms with Crippen molar-refractivity contribution in [1.29, 1.82) is 0 Å². The third kappa shape index (κ3) is 3.96. The van der Waals surface area contributed by atoms with Crippen molar-refractivity contribution in [1.82, 2.24) is 9.97 Å². The largest absolute Gasteiger partial charge is 0.330 e. The molecule has 1 saturated carbocycles. The van der Waals surface area contributed by atoms with E-state index in [0.717, 1.165) is 41.5 Å². The fourth-order valence-electron chi connectivity index (χ4n) is 3.44. The summed E-state index contributed by atoms with van der Waals surface area (Å²) in [4.78, 5) is 19.8. The van der Waals surface area contributed by atoms with Crippen LogP contribution in [0.4, 0.5) is 0 Å². The quantitative estimate of drug-likeness (QED) is 0.881. The standard InChI is InChI=1S/C18H25N3OS/c1-12-3-2-4-15-17(12)20-16(21-18(15)22)11-23-14-7-5-13(6-8-14)9-10-19/h2-4,13-14H,5-11,19H2,1H3,(H,20,21,22)/t13-,14-. The van der Waals surface area contributed by atoms with Crippen molar-refractivity contribution in [3.63, 3.8) is 0 Å². The molecule has 5 heteroatoms. The molecule has 23 heavy (non-hydrogen) atoms. The van der Waals surface area contributed by atoms with Gasteiger partial charge in [-0.2, -0.15) is 11.8 Å². The summed E-state index contributed by atoms with van der Waals surface area (Å²) in [6.45, 7) is 2.81. The van der Waals surface area contributed by atoms with E-state index in [1.54, 1.807) is 0 Å². The fourth-order valence-corrected chi connectivity index (χ4v) is 4.58. The maximum Gasteiger partial charge on any atom is 0.258 e. The molecule has 1 fully saturated rings. The highest BCUT2D eigenvalue weighted by Crippen LogP contribution is 2.34. The maximum absolute atomic E-state index is 12.2. The number of fused-ring (bicyclic) bond motifs is 1.